The van der Waals surface area contributed by atoms with Crippen molar-refractivity contribution < 1.29 is 18.7 Å². The lowest BCUT2D eigenvalue weighted by molar-refractivity contribution is -0.129. The summed E-state index contributed by atoms with van der Waals surface area (Å²) in [5.41, 5.74) is 0.487. The van der Waals surface area contributed by atoms with Gasteiger partial charge in [-0.3, -0.25) is 10.1 Å². The number of aromatic nitrogens is 4. The summed E-state index contributed by atoms with van der Waals surface area (Å²) >= 11 is 0. The van der Waals surface area contributed by atoms with E-state index in [2.05, 4.69) is 36.3 Å². The summed E-state index contributed by atoms with van der Waals surface area (Å²) in [5, 5.41) is 15.7. The van der Waals surface area contributed by atoms with Crippen LogP contribution in [0.25, 0.3) is 5.69 Å². The van der Waals surface area contributed by atoms with Gasteiger partial charge in [0.1, 0.15) is 18.0 Å². The van der Waals surface area contributed by atoms with Gasteiger partial charge in [-0.15, -0.1) is 0 Å². The van der Waals surface area contributed by atoms with Crippen molar-refractivity contribution in [1.29, 1.82) is 0 Å². The van der Waals surface area contributed by atoms with E-state index in [1.54, 1.807) is 30.7 Å². The quantitative estimate of drug-likeness (QED) is 0.257. The number of hydrogen-bond acceptors (Lipinski definition) is 7. The second-order valence-corrected chi connectivity index (χ2v) is 10.8. The van der Waals surface area contributed by atoms with Crippen LogP contribution in [0.5, 0.6) is 5.75 Å². The molecule has 0 fully saturated rings. The van der Waals surface area contributed by atoms with E-state index >= 15 is 4.39 Å². The van der Waals surface area contributed by atoms with Crippen LogP contribution in [0.4, 0.5) is 38.0 Å². The molecule has 0 spiro atoms. The molecule has 0 saturated carbocycles. The molecule has 5 rings (SSSR count). The first kappa shape index (κ1) is 26.6. The Morgan fingerprint density at radius 2 is 1.80 bits per heavy atom. The lowest BCUT2D eigenvalue weighted by Crippen LogP contribution is -2.46. The van der Waals surface area contributed by atoms with E-state index in [9.17, 15) is 9.59 Å². The van der Waals surface area contributed by atoms with Crippen LogP contribution >= 0.6 is 0 Å². The van der Waals surface area contributed by atoms with Gasteiger partial charge in [0.05, 0.1) is 17.1 Å². The van der Waals surface area contributed by atoms with Crippen molar-refractivity contribution in [1.82, 2.24) is 19.7 Å². The first-order valence-corrected chi connectivity index (χ1v) is 12.6. The van der Waals surface area contributed by atoms with Crippen molar-refractivity contribution in [3.05, 3.63) is 72.4 Å². The highest BCUT2D eigenvalue weighted by molar-refractivity contribution is 6.01. The fourth-order valence-corrected chi connectivity index (χ4v) is 3.91. The highest BCUT2D eigenvalue weighted by Crippen LogP contribution is 2.38. The van der Waals surface area contributed by atoms with Gasteiger partial charge in [-0.2, -0.15) is 5.10 Å². The number of anilines is 5. The molecular weight excluding hydrogens is 515 g/mol. The van der Waals surface area contributed by atoms with Gasteiger partial charge < -0.3 is 20.7 Å². The fraction of sp³-hybridized carbons (Fsp3) is 0.250. The zero-order chi connectivity index (χ0) is 28.7. The Labute approximate surface area is 230 Å². The number of ether oxygens (including phenoxy) is 1. The molecule has 0 unspecified atom stereocenters. The third kappa shape index (κ3) is 5.41. The molecule has 1 aliphatic rings. The highest BCUT2D eigenvalue weighted by atomic mass is 19.1. The Hall–Kier alpha value is -5.00. The summed E-state index contributed by atoms with van der Waals surface area (Å²) in [6.45, 7) is 9.31. The summed E-state index contributed by atoms with van der Waals surface area (Å²) in [7, 11) is 0. The van der Waals surface area contributed by atoms with Gasteiger partial charge in [0, 0.05) is 17.2 Å². The SMILES string of the molecule is CC1(C)Oc2c(ncnc2Nc2ccc(NC(=O)Nc3cc(C(C)(C)C)nn3-c3ccccc3)c(F)c2)NC1=O. The van der Waals surface area contributed by atoms with Gasteiger partial charge >= 0.3 is 6.03 Å². The van der Waals surface area contributed by atoms with Crippen molar-refractivity contribution in [3.8, 4) is 11.4 Å². The van der Waals surface area contributed by atoms with E-state index in [-0.39, 0.29) is 34.4 Å². The average molecular weight is 545 g/mol. The molecule has 12 heteroatoms. The van der Waals surface area contributed by atoms with Gasteiger partial charge in [-0.25, -0.2) is 23.8 Å². The minimum absolute atomic E-state index is 0.0285. The molecule has 40 heavy (non-hydrogen) atoms. The molecule has 0 saturated heterocycles. The number of nitrogens with one attached hydrogen (secondary N) is 4. The summed E-state index contributed by atoms with van der Waals surface area (Å²) in [5.74, 6) is 0.117. The molecule has 3 amide bonds. The number of carbonyl (C=O) groups excluding carboxylic acids is 2. The molecule has 11 nitrogen and oxygen atoms in total. The molecule has 0 atom stereocenters. The predicted octanol–water partition coefficient (Wildman–Crippen LogP) is 5.60. The number of carbonyl (C=O) groups is 2. The molecule has 206 valence electrons. The van der Waals surface area contributed by atoms with E-state index in [4.69, 9.17) is 4.74 Å². The van der Waals surface area contributed by atoms with Crippen LogP contribution in [0.2, 0.25) is 0 Å². The molecule has 2 aromatic heterocycles. The third-order valence-electron chi connectivity index (χ3n) is 6.14. The standard InChI is InChI=1S/C28H29FN8O3/c1-27(2,3)20-14-21(37(36-20)17-9-7-6-8-10-17)34-26(39)33-19-12-11-16(13-18(19)29)32-23-22-24(31-15-30-23)35-25(38)28(4,5)40-22/h6-15H,1-5H3,(H2,33,34,39)(H2,30,31,32,35,38). The molecule has 4 N–H and O–H groups in total. The molecule has 0 bridgehead atoms. The second kappa shape index (κ2) is 9.95. The molecule has 4 aromatic rings. The smallest absolute Gasteiger partial charge is 0.324 e. The van der Waals surface area contributed by atoms with Crippen molar-refractivity contribution in [2.24, 2.45) is 0 Å². The van der Waals surface area contributed by atoms with E-state index in [1.807, 2.05) is 51.1 Å². The minimum atomic E-state index is -1.13. The number of para-hydroxylation sites is 1. The number of halogens is 1. The number of nitrogens with zero attached hydrogens (tertiary/aromatic N) is 4. The lowest BCUT2D eigenvalue weighted by atomic mass is 9.92. The predicted molar refractivity (Wildman–Crippen MR) is 150 cm³/mol. The summed E-state index contributed by atoms with van der Waals surface area (Å²) in [6.07, 6.45) is 1.25. The number of rotatable bonds is 5. The molecule has 2 aromatic carbocycles. The zero-order valence-corrected chi connectivity index (χ0v) is 22.7. The van der Waals surface area contributed by atoms with E-state index in [1.165, 1.54) is 18.5 Å². The monoisotopic (exact) mass is 544 g/mol. The Morgan fingerprint density at radius 3 is 2.50 bits per heavy atom. The topological polar surface area (TPSA) is 135 Å². The van der Waals surface area contributed by atoms with Crippen molar-refractivity contribution in [2.45, 2.75) is 45.6 Å². The first-order valence-electron chi connectivity index (χ1n) is 12.6. The zero-order valence-electron chi connectivity index (χ0n) is 22.7. The lowest BCUT2D eigenvalue weighted by Gasteiger charge is -2.31. The van der Waals surface area contributed by atoms with Crippen LogP contribution in [0, 0.1) is 5.82 Å². The summed E-state index contributed by atoms with van der Waals surface area (Å²) in [6, 6.07) is 14.8. The second-order valence-electron chi connectivity index (χ2n) is 10.8. The van der Waals surface area contributed by atoms with Gasteiger partial charge in [0.25, 0.3) is 5.91 Å². The van der Waals surface area contributed by atoms with Gasteiger partial charge in [-0.1, -0.05) is 39.0 Å². The number of amides is 3. The van der Waals surface area contributed by atoms with E-state index in [0.29, 0.717) is 11.5 Å². The third-order valence-corrected chi connectivity index (χ3v) is 6.14. The number of benzene rings is 2. The minimum Gasteiger partial charge on any atom is -0.470 e. The van der Waals surface area contributed by atoms with Crippen LogP contribution < -0.4 is 26.0 Å². The van der Waals surface area contributed by atoms with Crippen molar-refractivity contribution in [2.75, 3.05) is 21.3 Å². The average Bonchev–Trinajstić information content (AvgIpc) is 3.32. The van der Waals surface area contributed by atoms with E-state index < -0.39 is 17.4 Å². The summed E-state index contributed by atoms with van der Waals surface area (Å²) in [4.78, 5) is 33.2. The van der Waals surface area contributed by atoms with Crippen LogP contribution in [0.3, 0.4) is 0 Å². The van der Waals surface area contributed by atoms with Gasteiger partial charge in [-0.05, 0) is 44.2 Å². The van der Waals surface area contributed by atoms with Crippen LogP contribution in [0.15, 0.2) is 60.9 Å². The van der Waals surface area contributed by atoms with E-state index in [0.717, 1.165) is 11.4 Å². The normalized spacial score (nSPS) is 14.0. The highest BCUT2D eigenvalue weighted by Gasteiger charge is 2.37. The number of fused-ring (bicyclic) bond motifs is 1. The largest absolute Gasteiger partial charge is 0.470 e. The summed E-state index contributed by atoms with van der Waals surface area (Å²) < 4.78 is 22.5. The maximum atomic E-state index is 15.0. The van der Waals surface area contributed by atoms with Crippen LogP contribution in [-0.4, -0.2) is 37.3 Å². The fourth-order valence-electron chi connectivity index (χ4n) is 3.91. The maximum Gasteiger partial charge on any atom is 0.324 e. The number of hydrogen-bond donors (Lipinski definition) is 4. The van der Waals surface area contributed by atoms with Crippen LogP contribution in [-0.2, 0) is 10.2 Å². The molecule has 3 heterocycles. The van der Waals surface area contributed by atoms with Crippen LogP contribution in [0.1, 0.15) is 40.3 Å². The molecule has 0 radical (unpaired) electrons. The first-order chi connectivity index (χ1) is 18.9. The molecule has 0 aliphatic carbocycles. The Balaban J connectivity index is 1.33. The van der Waals surface area contributed by atoms with Gasteiger partial charge in [0.2, 0.25) is 5.75 Å². The van der Waals surface area contributed by atoms with Gasteiger partial charge in [0.15, 0.2) is 17.2 Å². The van der Waals surface area contributed by atoms with Crippen molar-refractivity contribution in [3.63, 3.8) is 0 Å². The maximum absolute atomic E-state index is 15.0. The Morgan fingerprint density at radius 1 is 1.05 bits per heavy atom. The van der Waals surface area contributed by atoms with Crippen molar-refractivity contribution >= 4 is 40.8 Å². The Kier molecular flexibility index (Phi) is 6.62. The Bertz CT molecular complexity index is 1600. The molecule has 1 aliphatic heterocycles. The molecular formula is C28H29FN8O3. The number of urea groups is 1.